The normalized spacial score (nSPS) is 13.2. The van der Waals surface area contributed by atoms with Gasteiger partial charge in [-0.3, -0.25) is 14.4 Å². The molecule has 0 amide bonds. The summed E-state index contributed by atoms with van der Waals surface area (Å²) in [5.74, 6) is -0.974. The van der Waals surface area contributed by atoms with E-state index in [4.69, 9.17) is 14.2 Å². The van der Waals surface area contributed by atoms with Gasteiger partial charge in [0.1, 0.15) is 13.2 Å². The molecule has 79 heavy (non-hydrogen) atoms. The van der Waals surface area contributed by atoms with Crippen LogP contribution < -0.4 is 0 Å². The second-order valence-electron chi connectivity index (χ2n) is 20.6. The number of hydrogen-bond acceptors (Lipinski definition) is 6. The Morgan fingerprint density at radius 1 is 0.266 bits per heavy atom. The molecule has 0 aromatic carbocycles. The molecule has 0 radical (unpaired) electrons. The Kier molecular flexibility index (Phi) is 61.4. The molecule has 0 aromatic heterocycles. The molecule has 0 fully saturated rings. The lowest BCUT2D eigenvalue weighted by Crippen LogP contribution is -2.30. The zero-order chi connectivity index (χ0) is 57.1. The highest BCUT2D eigenvalue weighted by Crippen LogP contribution is 2.15. The number of carbonyl (C=O) groups excluding carboxylic acids is 3. The van der Waals surface area contributed by atoms with Gasteiger partial charge in [0.05, 0.1) is 0 Å². The van der Waals surface area contributed by atoms with Crippen LogP contribution in [0.2, 0.25) is 0 Å². The van der Waals surface area contributed by atoms with Gasteiger partial charge >= 0.3 is 17.9 Å². The summed E-state index contributed by atoms with van der Waals surface area (Å²) in [5, 5.41) is 0. The fourth-order valence-electron chi connectivity index (χ4n) is 8.32. The summed E-state index contributed by atoms with van der Waals surface area (Å²) in [6.45, 7) is 6.34. The number of rotatable bonds is 56. The number of unbranched alkanes of at least 4 members (excludes halogenated alkanes) is 19. The van der Waals surface area contributed by atoms with Crippen LogP contribution in [0.15, 0.2) is 158 Å². The first-order valence-electron chi connectivity index (χ1n) is 32.0. The van der Waals surface area contributed by atoms with E-state index in [9.17, 15) is 14.4 Å². The molecule has 6 heteroatoms. The molecule has 444 valence electrons. The van der Waals surface area contributed by atoms with Crippen molar-refractivity contribution >= 4 is 17.9 Å². The Hall–Kier alpha value is -4.97. The van der Waals surface area contributed by atoms with Crippen molar-refractivity contribution in [3.8, 4) is 0 Å². The van der Waals surface area contributed by atoms with Crippen molar-refractivity contribution in [2.24, 2.45) is 0 Å². The molecule has 0 aliphatic heterocycles. The zero-order valence-corrected chi connectivity index (χ0v) is 50.8. The maximum absolute atomic E-state index is 12.9. The molecule has 6 nitrogen and oxygen atoms in total. The summed E-state index contributed by atoms with van der Waals surface area (Å²) in [4.78, 5) is 38.2. The Balaban J connectivity index is 4.37. The molecule has 0 saturated carbocycles. The van der Waals surface area contributed by atoms with Gasteiger partial charge in [0.15, 0.2) is 6.10 Å². The Morgan fingerprint density at radius 3 is 0.823 bits per heavy atom. The summed E-state index contributed by atoms with van der Waals surface area (Å²) in [5.41, 5.74) is 0. The van der Waals surface area contributed by atoms with E-state index in [2.05, 4.69) is 179 Å². The molecule has 0 heterocycles. The van der Waals surface area contributed by atoms with E-state index in [1.54, 1.807) is 0 Å². The number of carbonyl (C=O) groups is 3. The number of allylic oxidation sites excluding steroid dienone is 26. The summed E-state index contributed by atoms with van der Waals surface area (Å²) >= 11 is 0. The monoisotopic (exact) mass is 1090 g/mol. The van der Waals surface area contributed by atoms with Gasteiger partial charge < -0.3 is 14.2 Å². The van der Waals surface area contributed by atoms with Gasteiger partial charge in [0.25, 0.3) is 0 Å². The third kappa shape index (κ3) is 63.7. The molecule has 0 aliphatic rings. The highest BCUT2D eigenvalue weighted by atomic mass is 16.6. The molecule has 1 unspecified atom stereocenters. The van der Waals surface area contributed by atoms with Crippen LogP contribution in [0.1, 0.15) is 265 Å². The minimum atomic E-state index is -0.810. The highest BCUT2D eigenvalue weighted by Gasteiger charge is 2.19. The Morgan fingerprint density at radius 2 is 0.506 bits per heavy atom. The van der Waals surface area contributed by atoms with E-state index >= 15 is 0 Å². The minimum Gasteiger partial charge on any atom is -0.462 e. The van der Waals surface area contributed by atoms with Crippen molar-refractivity contribution in [3.63, 3.8) is 0 Å². The molecular formula is C73H116O6. The Bertz CT molecular complexity index is 1780. The van der Waals surface area contributed by atoms with Crippen LogP contribution in [0, 0.1) is 0 Å². The quantitative estimate of drug-likeness (QED) is 0.0261. The van der Waals surface area contributed by atoms with Crippen LogP contribution in [-0.2, 0) is 28.6 Å². The second-order valence-corrected chi connectivity index (χ2v) is 20.6. The van der Waals surface area contributed by atoms with E-state index in [1.165, 1.54) is 89.9 Å². The van der Waals surface area contributed by atoms with E-state index in [0.29, 0.717) is 19.3 Å². The fourth-order valence-corrected chi connectivity index (χ4v) is 8.32. The molecule has 0 aromatic rings. The molecular weight excluding hydrogens is 973 g/mol. The highest BCUT2D eigenvalue weighted by molar-refractivity contribution is 5.71. The molecule has 0 rings (SSSR count). The largest absolute Gasteiger partial charge is 0.462 e. The minimum absolute atomic E-state index is 0.102. The first-order chi connectivity index (χ1) is 39.0. The van der Waals surface area contributed by atoms with Gasteiger partial charge in [-0.2, -0.15) is 0 Å². The van der Waals surface area contributed by atoms with Crippen molar-refractivity contribution in [2.75, 3.05) is 13.2 Å². The average molecular weight is 1090 g/mol. The van der Waals surface area contributed by atoms with Gasteiger partial charge in [0, 0.05) is 19.3 Å². The van der Waals surface area contributed by atoms with Crippen molar-refractivity contribution in [1.82, 2.24) is 0 Å². The van der Waals surface area contributed by atoms with Crippen LogP contribution in [0.4, 0.5) is 0 Å². The lowest BCUT2D eigenvalue weighted by molar-refractivity contribution is -0.167. The topological polar surface area (TPSA) is 78.9 Å². The van der Waals surface area contributed by atoms with E-state index in [-0.39, 0.29) is 37.5 Å². The molecule has 1 atom stereocenters. The lowest BCUT2D eigenvalue weighted by Gasteiger charge is -2.18. The van der Waals surface area contributed by atoms with Crippen molar-refractivity contribution in [1.29, 1.82) is 0 Å². The third-order valence-electron chi connectivity index (χ3n) is 13.0. The van der Waals surface area contributed by atoms with E-state index < -0.39 is 6.10 Å². The van der Waals surface area contributed by atoms with Gasteiger partial charge in [0.2, 0.25) is 0 Å². The van der Waals surface area contributed by atoms with E-state index in [1.807, 2.05) is 0 Å². The predicted molar refractivity (Wildman–Crippen MR) is 343 cm³/mol. The van der Waals surface area contributed by atoms with Crippen molar-refractivity contribution < 1.29 is 28.6 Å². The summed E-state index contributed by atoms with van der Waals surface area (Å²) in [6.07, 6.45) is 95.5. The van der Waals surface area contributed by atoms with Gasteiger partial charge in [-0.1, -0.05) is 281 Å². The SMILES string of the molecule is CC/C=C\C/C=C\C/C=C\C/C=C\C/C=C\C/C=C\C/C=C\C/C=C\C/C=C\CCCC(=O)OCC(COC(=O)CCCCCCCCCCC)OC(=O)CCCCCCCCCCCC/C=C\C/C=C\C/C=C\C/C=C\CC. The molecule has 0 saturated heterocycles. The number of ether oxygens (including phenoxy) is 3. The van der Waals surface area contributed by atoms with Crippen LogP contribution in [-0.4, -0.2) is 37.2 Å². The zero-order valence-electron chi connectivity index (χ0n) is 50.8. The van der Waals surface area contributed by atoms with Crippen LogP contribution in [0.3, 0.4) is 0 Å². The maximum Gasteiger partial charge on any atom is 0.306 e. The lowest BCUT2D eigenvalue weighted by atomic mass is 10.0. The third-order valence-corrected chi connectivity index (χ3v) is 13.0. The first-order valence-corrected chi connectivity index (χ1v) is 32.0. The molecule has 0 N–H and O–H groups in total. The Labute approximate surface area is 486 Å². The predicted octanol–water partition coefficient (Wildman–Crippen LogP) is 22.1. The van der Waals surface area contributed by atoms with Crippen molar-refractivity contribution in [3.05, 3.63) is 158 Å². The van der Waals surface area contributed by atoms with Gasteiger partial charge in [-0.05, 0) is 122 Å². The standard InChI is InChI=1S/C73H116O6/c1-4-7-10-13-16-19-21-23-25-27-29-31-33-34-35-36-37-38-40-41-43-45-47-49-51-54-57-60-63-66-72(75)78-69-70(68-77-71(74)65-62-59-56-53-18-15-12-9-6-3)79-73(76)67-64-61-58-55-52-50-48-46-44-42-39-32-30-28-26-24-22-20-17-14-11-8-5-2/h7-8,10-11,16-17,19-20,23-26,29-32,34-35,37-38,41,43,47,49,54,57,70H,4-6,9,12-15,18,21-22,27-28,33,36,39-40,42,44-46,48,50-53,55-56,58-69H2,1-3H3/b10-7-,11-8-,19-16-,20-17-,25-23-,26-24-,31-29-,32-30-,35-34-,38-37-,43-41-,49-47-,57-54-. The van der Waals surface area contributed by atoms with Gasteiger partial charge in [-0.25, -0.2) is 0 Å². The molecule has 0 bridgehead atoms. The first kappa shape index (κ1) is 74.0. The van der Waals surface area contributed by atoms with E-state index in [0.717, 1.165) is 128 Å². The van der Waals surface area contributed by atoms with Crippen LogP contribution in [0.5, 0.6) is 0 Å². The molecule has 0 aliphatic carbocycles. The number of esters is 3. The average Bonchev–Trinajstić information content (AvgIpc) is 3.45. The second kappa shape index (κ2) is 65.5. The molecule has 0 spiro atoms. The van der Waals surface area contributed by atoms with Crippen LogP contribution >= 0.6 is 0 Å². The fraction of sp³-hybridized carbons (Fsp3) is 0.603. The summed E-state index contributed by atoms with van der Waals surface area (Å²) in [6, 6.07) is 0. The maximum atomic E-state index is 12.9. The smallest absolute Gasteiger partial charge is 0.306 e. The number of hydrogen-bond donors (Lipinski definition) is 0. The van der Waals surface area contributed by atoms with Crippen LogP contribution in [0.25, 0.3) is 0 Å². The summed E-state index contributed by atoms with van der Waals surface area (Å²) in [7, 11) is 0. The van der Waals surface area contributed by atoms with Gasteiger partial charge in [-0.15, -0.1) is 0 Å². The summed E-state index contributed by atoms with van der Waals surface area (Å²) < 4.78 is 16.8. The van der Waals surface area contributed by atoms with Crippen molar-refractivity contribution in [2.45, 2.75) is 271 Å².